The highest BCUT2D eigenvalue weighted by Gasteiger charge is 2.40. The maximum Gasteiger partial charge on any atom is 0.229 e. The van der Waals surface area contributed by atoms with Crippen LogP contribution in [-0.4, -0.2) is 16.9 Å². The first-order valence-corrected chi connectivity index (χ1v) is 8.00. The molecule has 2 aliphatic carbocycles. The number of rotatable bonds is 2. The maximum absolute atomic E-state index is 12.3. The van der Waals surface area contributed by atoms with Crippen molar-refractivity contribution in [3.63, 3.8) is 0 Å². The number of hydrogen-bond acceptors (Lipinski definition) is 4. The summed E-state index contributed by atoms with van der Waals surface area (Å²) in [6.45, 7) is 1.94. The van der Waals surface area contributed by atoms with Gasteiger partial charge in [0.15, 0.2) is 5.13 Å². The summed E-state index contributed by atoms with van der Waals surface area (Å²) in [4.78, 5) is 16.6. The molecule has 0 aliphatic heterocycles. The van der Waals surface area contributed by atoms with E-state index in [1.807, 2.05) is 12.3 Å². The average Bonchev–Trinajstić information content (AvgIpc) is 2.74. The van der Waals surface area contributed by atoms with Crippen LogP contribution in [0.1, 0.15) is 37.8 Å². The van der Waals surface area contributed by atoms with Crippen molar-refractivity contribution in [1.82, 2.24) is 4.98 Å². The summed E-state index contributed by atoms with van der Waals surface area (Å²) in [6.07, 6.45) is 5.57. The Morgan fingerprint density at radius 1 is 1.40 bits per heavy atom. The molecule has 1 amide bonds. The molecule has 2 aliphatic rings. The summed E-state index contributed by atoms with van der Waals surface area (Å²) in [5, 5.41) is 5.65. The number of aryl methyl sites for hydroxylation is 1. The predicted molar refractivity (Wildman–Crippen MR) is 84.3 cm³/mol. The molecule has 2 unspecified atom stereocenters. The van der Waals surface area contributed by atoms with Gasteiger partial charge in [-0.3, -0.25) is 4.79 Å². The van der Waals surface area contributed by atoms with Crippen molar-refractivity contribution in [1.29, 1.82) is 0 Å². The van der Waals surface area contributed by atoms with Crippen molar-refractivity contribution >= 4 is 34.8 Å². The fourth-order valence-corrected chi connectivity index (χ4v) is 4.31. The number of amides is 1. The number of carbonyl (C=O) groups excluding carboxylic acids is 1. The van der Waals surface area contributed by atoms with E-state index in [1.54, 1.807) is 0 Å². The zero-order valence-electron chi connectivity index (χ0n) is 11.7. The number of nitrogens with zero attached hydrogens (tertiary/aromatic N) is 1. The van der Waals surface area contributed by atoms with Gasteiger partial charge < -0.3 is 11.1 Å². The highest BCUT2D eigenvalue weighted by atomic mass is 35.5. The maximum atomic E-state index is 12.3. The van der Waals surface area contributed by atoms with Crippen LogP contribution in [-0.2, 0) is 4.79 Å². The number of halogens is 1. The van der Waals surface area contributed by atoms with Gasteiger partial charge in [-0.05, 0) is 44.4 Å². The van der Waals surface area contributed by atoms with Crippen LogP contribution in [0.5, 0.6) is 0 Å². The first-order valence-electron chi connectivity index (χ1n) is 7.12. The van der Waals surface area contributed by atoms with Gasteiger partial charge in [0, 0.05) is 17.3 Å². The third-order valence-corrected chi connectivity index (χ3v) is 5.51. The van der Waals surface area contributed by atoms with Crippen molar-refractivity contribution in [3.05, 3.63) is 11.1 Å². The highest BCUT2D eigenvalue weighted by Crippen LogP contribution is 2.42. The number of fused-ring (bicyclic) bond motifs is 2. The minimum absolute atomic E-state index is 0. The van der Waals surface area contributed by atoms with Gasteiger partial charge in [-0.15, -0.1) is 23.7 Å². The molecule has 2 atom stereocenters. The molecule has 20 heavy (non-hydrogen) atoms. The Hall–Kier alpha value is -0.650. The van der Waals surface area contributed by atoms with E-state index in [0.717, 1.165) is 23.7 Å². The van der Waals surface area contributed by atoms with Gasteiger partial charge in [-0.1, -0.05) is 6.42 Å². The molecule has 3 rings (SSSR count). The van der Waals surface area contributed by atoms with Gasteiger partial charge in [0.1, 0.15) is 0 Å². The van der Waals surface area contributed by atoms with Crippen LogP contribution in [0.4, 0.5) is 5.13 Å². The Bertz CT molecular complexity index is 465. The normalized spacial score (nSPS) is 32.3. The minimum atomic E-state index is 0. The van der Waals surface area contributed by atoms with Crippen molar-refractivity contribution in [3.8, 4) is 0 Å². The molecule has 4 nitrogen and oxygen atoms in total. The molecule has 1 aromatic heterocycles. The number of nitrogens with one attached hydrogen (secondary N) is 1. The van der Waals surface area contributed by atoms with Crippen LogP contribution < -0.4 is 11.1 Å². The molecule has 2 bridgehead atoms. The Balaban J connectivity index is 0.00000147. The van der Waals surface area contributed by atoms with Gasteiger partial charge in [-0.25, -0.2) is 4.98 Å². The van der Waals surface area contributed by atoms with Crippen molar-refractivity contribution in [2.24, 2.45) is 23.5 Å². The predicted octanol–water partition coefficient (Wildman–Crippen LogP) is 2.97. The quantitative estimate of drug-likeness (QED) is 0.881. The van der Waals surface area contributed by atoms with E-state index < -0.39 is 0 Å². The molecule has 1 heterocycles. The Morgan fingerprint density at radius 2 is 2.05 bits per heavy atom. The topological polar surface area (TPSA) is 68.0 Å². The molecular weight excluding hydrogens is 294 g/mol. The lowest BCUT2D eigenvalue weighted by atomic mass is 9.65. The zero-order valence-corrected chi connectivity index (χ0v) is 13.3. The third-order valence-electron chi connectivity index (χ3n) is 4.63. The summed E-state index contributed by atoms with van der Waals surface area (Å²) in [5.74, 6) is 1.35. The number of anilines is 1. The lowest BCUT2D eigenvalue weighted by molar-refractivity contribution is -0.122. The van der Waals surface area contributed by atoms with Gasteiger partial charge in [0.05, 0.1) is 5.69 Å². The second kappa shape index (κ2) is 6.41. The lowest BCUT2D eigenvalue weighted by Crippen LogP contribution is -2.48. The molecule has 112 valence electrons. The van der Waals surface area contributed by atoms with Gasteiger partial charge in [-0.2, -0.15) is 0 Å². The number of carbonyl (C=O) groups is 1. The van der Waals surface area contributed by atoms with Gasteiger partial charge in [0.2, 0.25) is 5.91 Å². The molecule has 0 aromatic carbocycles. The van der Waals surface area contributed by atoms with Crippen LogP contribution in [0.25, 0.3) is 0 Å². The lowest BCUT2D eigenvalue weighted by Gasteiger charge is -2.43. The van der Waals surface area contributed by atoms with Crippen molar-refractivity contribution in [2.45, 2.75) is 45.1 Å². The minimum Gasteiger partial charge on any atom is -0.327 e. The first-order chi connectivity index (χ1) is 9.13. The van der Waals surface area contributed by atoms with Crippen molar-refractivity contribution < 1.29 is 4.79 Å². The second-order valence-corrected chi connectivity index (χ2v) is 6.84. The Kier molecular flexibility index (Phi) is 5.04. The zero-order chi connectivity index (χ0) is 13.4. The molecule has 0 saturated heterocycles. The summed E-state index contributed by atoms with van der Waals surface area (Å²) >= 11 is 1.50. The molecule has 3 N–H and O–H groups in total. The molecule has 6 heteroatoms. The Labute approximate surface area is 129 Å². The molecule has 0 spiro atoms. The molecule has 0 radical (unpaired) electrons. The average molecular weight is 316 g/mol. The number of nitrogens with two attached hydrogens (primary N) is 1. The van der Waals surface area contributed by atoms with Crippen LogP contribution >= 0.6 is 23.7 Å². The smallest absolute Gasteiger partial charge is 0.229 e. The fraction of sp³-hybridized carbons (Fsp3) is 0.714. The number of thiazole rings is 1. The van der Waals surface area contributed by atoms with Crippen LogP contribution in [0.3, 0.4) is 0 Å². The molecule has 1 aromatic rings. The number of aromatic nitrogens is 1. The number of hydrogen-bond donors (Lipinski definition) is 2. The summed E-state index contributed by atoms with van der Waals surface area (Å²) in [7, 11) is 0. The standard InChI is InChI=1S/C14H21N3OS.ClH/c1-8-7-19-14(16-8)17-13(18)11-5-9-3-2-4-10(6-11)12(9)15;/h7,9-12H,2-6,15H2,1H3,(H,16,17,18);1H. The third kappa shape index (κ3) is 3.15. The van der Waals surface area contributed by atoms with Crippen molar-refractivity contribution in [2.75, 3.05) is 5.32 Å². The summed E-state index contributed by atoms with van der Waals surface area (Å²) < 4.78 is 0. The van der Waals surface area contributed by atoms with E-state index in [-0.39, 0.29) is 24.2 Å². The molecule has 2 fully saturated rings. The molecular formula is C14H22ClN3OS. The summed E-state index contributed by atoms with van der Waals surface area (Å²) in [5.41, 5.74) is 7.22. The monoisotopic (exact) mass is 315 g/mol. The van der Waals surface area contributed by atoms with Crippen LogP contribution in [0.15, 0.2) is 5.38 Å². The first kappa shape index (κ1) is 15.7. The SMILES string of the molecule is Cc1csc(NC(=O)C2CC3CCCC(C2)C3N)n1.Cl. The van der Waals surface area contributed by atoms with E-state index >= 15 is 0 Å². The van der Waals surface area contributed by atoms with Gasteiger partial charge >= 0.3 is 0 Å². The van der Waals surface area contributed by atoms with E-state index in [4.69, 9.17) is 5.73 Å². The van der Waals surface area contributed by atoms with E-state index in [9.17, 15) is 4.79 Å². The van der Waals surface area contributed by atoms with E-state index in [0.29, 0.717) is 17.9 Å². The highest BCUT2D eigenvalue weighted by molar-refractivity contribution is 7.13. The summed E-state index contributed by atoms with van der Waals surface area (Å²) in [6, 6.07) is 0.319. The van der Waals surface area contributed by atoms with E-state index in [2.05, 4.69) is 10.3 Å². The Morgan fingerprint density at radius 3 is 2.60 bits per heavy atom. The largest absolute Gasteiger partial charge is 0.327 e. The van der Waals surface area contributed by atoms with E-state index in [1.165, 1.54) is 30.6 Å². The fourth-order valence-electron chi connectivity index (χ4n) is 3.62. The molecule has 2 saturated carbocycles. The van der Waals surface area contributed by atoms with Crippen LogP contribution in [0, 0.1) is 24.7 Å². The second-order valence-electron chi connectivity index (χ2n) is 5.98. The van der Waals surface area contributed by atoms with Crippen LogP contribution in [0.2, 0.25) is 0 Å². The van der Waals surface area contributed by atoms with Gasteiger partial charge in [0.25, 0.3) is 0 Å².